The van der Waals surface area contributed by atoms with Crippen LogP contribution in [0.4, 0.5) is 0 Å². The molecule has 1 aromatic carbocycles. The summed E-state index contributed by atoms with van der Waals surface area (Å²) in [6.07, 6.45) is 0. The van der Waals surface area contributed by atoms with Crippen molar-refractivity contribution in [2.24, 2.45) is 0 Å². The molecule has 0 unspecified atom stereocenters. The monoisotopic (exact) mass is 303 g/mol. The van der Waals surface area contributed by atoms with Gasteiger partial charge in [0, 0.05) is 18.0 Å². The fourth-order valence-electron chi connectivity index (χ4n) is 1.57. The highest BCUT2D eigenvalue weighted by molar-refractivity contribution is 8.00. The van der Waals surface area contributed by atoms with E-state index in [1.807, 2.05) is 0 Å². The van der Waals surface area contributed by atoms with Gasteiger partial charge in [0.15, 0.2) is 0 Å². The average Bonchev–Trinajstić information content (AvgIpc) is 2.38. The molecule has 5 nitrogen and oxygen atoms in total. The van der Waals surface area contributed by atoms with Crippen molar-refractivity contribution in [2.45, 2.75) is 23.6 Å². The molecule has 0 fully saturated rings. The number of thioether (sulfide) groups is 1. The Labute approximate surface area is 117 Å². The summed E-state index contributed by atoms with van der Waals surface area (Å²) >= 11 is 1.16. The number of rotatable bonds is 7. The van der Waals surface area contributed by atoms with Crippen molar-refractivity contribution in [3.63, 3.8) is 0 Å². The molecule has 19 heavy (non-hydrogen) atoms. The summed E-state index contributed by atoms with van der Waals surface area (Å²) in [5.74, 6) is -0.938. The zero-order valence-electron chi connectivity index (χ0n) is 10.9. The highest BCUT2D eigenvalue weighted by Gasteiger charge is 2.21. The lowest BCUT2D eigenvalue weighted by atomic mass is 10.4. The smallest absolute Gasteiger partial charge is 0.313 e. The van der Waals surface area contributed by atoms with Gasteiger partial charge in [0.25, 0.3) is 0 Å². The van der Waals surface area contributed by atoms with Crippen LogP contribution < -0.4 is 0 Å². The minimum Gasteiger partial charge on any atom is -0.481 e. The number of benzene rings is 1. The zero-order valence-corrected chi connectivity index (χ0v) is 12.5. The lowest BCUT2D eigenvalue weighted by molar-refractivity contribution is -0.133. The van der Waals surface area contributed by atoms with E-state index in [4.69, 9.17) is 5.11 Å². The number of nitrogens with zero attached hydrogens (tertiary/aromatic N) is 1. The van der Waals surface area contributed by atoms with Crippen LogP contribution in [0, 0.1) is 0 Å². The Hall–Kier alpha value is -1.05. The van der Waals surface area contributed by atoms with E-state index in [1.54, 1.807) is 26.0 Å². The van der Waals surface area contributed by atoms with Gasteiger partial charge < -0.3 is 5.11 Å². The molecular formula is C12H17NO4S2. The lowest BCUT2D eigenvalue weighted by Crippen LogP contribution is -2.30. The first-order valence-corrected chi connectivity index (χ1v) is 8.29. The molecule has 0 aliphatic carbocycles. The second kappa shape index (κ2) is 6.93. The number of sulfonamides is 1. The molecule has 7 heteroatoms. The largest absolute Gasteiger partial charge is 0.481 e. The molecule has 0 atom stereocenters. The van der Waals surface area contributed by atoms with Crippen molar-refractivity contribution in [1.82, 2.24) is 4.31 Å². The van der Waals surface area contributed by atoms with E-state index in [2.05, 4.69) is 0 Å². The van der Waals surface area contributed by atoms with Gasteiger partial charge in [-0.15, -0.1) is 11.8 Å². The average molecular weight is 303 g/mol. The normalized spacial score (nSPS) is 11.7. The van der Waals surface area contributed by atoms with Crippen LogP contribution in [0.5, 0.6) is 0 Å². The number of aliphatic carboxylic acids is 1. The quantitative estimate of drug-likeness (QED) is 0.779. The molecule has 0 aromatic heterocycles. The third-order valence-electron chi connectivity index (χ3n) is 2.53. The maximum atomic E-state index is 12.2. The number of carboxylic acid groups (broad SMARTS) is 1. The molecule has 0 heterocycles. The molecule has 0 aliphatic rings. The molecule has 1 N–H and O–H groups in total. The summed E-state index contributed by atoms with van der Waals surface area (Å²) in [5, 5.41) is 8.57. The second-order valence-corrected chi connectivity index (χ2v) is 6.73. The number of hydrogen-bond donors (Lipinski definition) is 1. The van der Waals surface area contributed by atoms with E-state index in [0.717, 1.165) is 16.7 Å². The van der Waals surface area contributed by atoms with E-state index < -0.39 is 16.0 Å². The van der Waals surface area contributed by atoms with Crippen LogP contribution in [0.2, 0.25) is 0 Å². The van der Waals surface area contributed by atoms with Gasteiger partial charge in [-0.2, -0.15) is 4.31 Å². The maximum Gasteiger partial charge on any atom is 0.313 e. The molecular weight excluding hydrogens is 286 g/mol. The van der Waals surface area contributed by atoms with Crippen LogP contribution >= 0.6 is 11.8 Å². The summed E-state index contributed by atoms with van der Waals surface area (Å²) < 4.78 is 25.8. The molecule has 0 radical (unpaired) electrons. The molecule has 1 rings (SSSR count). The van der Waals surface area contributed by atoms with Crippen LogP contribution in [-0.2, 0) is 14.8 Å². The Morgan fingerprint density at radius 1 is 1.21 bits per heavy atom. The van der Waals surface area contributed by atoms with E-state index in [0.29, 0.717) is 13.1 Å². The van der Waals surface area contributed by atoms with Gasteiger partial charge >= 0.3 is 5.97 Å². The minimum atomic E-state index is -3.44. The summed E-state index contributed by atoms with van der Waals surface area (Å²) in [7, 11) is -3.44. The standard InChI is InChI=1S/C12H17NO4S2/c1-3-13(4-2)19(16,17)11-7-5-10(6-8-11)18-9-12(14)15/h5-8H,3-4,9H2,1-2H3,(H,14,15). The van der Waals surface area contributed by atoms with Crippen molar-refractivity contribution in [1.29, 1.82) is 0 Å². The third-order valence-corrected chi connectivity index (χ3v) is 5.59. The lowest BCUT2D eigenvalue weighted by Gasteiger charge is -2.18. The summed E-state index contributed by atoms with van der Waals surface area (Å²) in [6, 6.07) is 6.28. The molecule has 0 saturated heterocycles. The van der Waals surface area contributed by atoms with Gasteiger partial charge in [0.1, 0.15) is 0 Å². The van der Waals surface area contributed by atoms with Crippen LogP contribution in [0.25, 0.3) is 0 Å². The first-order valence-electron chi connectivity index (χ1n) is 5.86. The van der Waals surface area contributed by atoms with Crippen molar-refractivity contribution in [2.75, 3.05) is 18.8 Å². The Balaban J connectivity index is 2.89. The number of carbonyl (C=O) groups is 1. The van der Waals surface area contributed by atoms with E-state index in [1.165, 1.54) is 16.4 Å². The maximum absolute atomic E-state index is 12.2. The first kappa shape index (κ1) is 16.0. The Morgan fingerprint density at radius 2 is 1.74 bits per heavy atom. The summed E-state index contributed by atoms with van der Waals surface area (Å²) in [4.78, 5) is 11.4. The van der Waals surface area contributed by atoms with E-state index in [-0.39, 0.29) is 10.6 Å². The third kappa shape index (κ3) is 4.22. The van der Waals surface area contributed by atoms with Crippen LogP contribution in [0.1, 0.15) is 13.8 Å². The molecule has 0 spiro atoms. The minimum absolute atomic E-state index is 0.0395. The van der Waals surface area contributed by atoms with Crippen LogP contribution in [-0.4, -0.2) is 42.6 Å². The molecule has 0 saturated carbocycles. The number of hydrogen-bond acceptors (Lipinski definition) is 4. The van der Waals surface area contributed by atoms with Crippen LogP contribution in [0.3, 0.4) is 0 Å². The van der Waals surface area contributed by atoms with Crippen molar-refractivity contribution in [3.8, 4) is 0 Å². The fourth-order valence-corrected chi connectivity index (χ4v) is 3.64. The van der Waals surface area contributed by atoms with Gasteiger partial charge in [-0.3, -0.25) is 4.79 Å². The SMILES string of the molecule is CCN(CC)S(=O)(=O)c1ccc(SCC(=O)O)cc1. The second-order valence-electron chi connectivity index (χ2n) is 3.74. The van der Waals surface area contributed by atoms with Gasteiger partial charge in [0.05, 0.1) is 10.6 Å². The van der Waals surface area contributed by atoms with Crippen molar-refractivity contribution >= 4 is 27.8 Å². The van der Waals surface area contributed by atoms with Crippen molar-refractivity contribution < 1.29 is 18.3 Å². The first-order chi connectivity index (χ1) is 8.91. The summed E-state index contributed by atoms with van der Waals surface area (Å²) in [6.45, 7) is 4.43. The fraction of sp³-hybridized carbons (Fsp3) is 0.417. The van der Waals surface area contributed by atoms with Gasteiger partial charge in [-0.05, 0) is 24.3 Å². The molecule has 0 bridgehead atoms. The van der Waals surface area contributed by atoms with E-state index in [9.17, 15) is 13.2 Å². The molecule has 0 amide bonds. The highest BCUT2D eigenvalue weighted by atomic mass is 32.2. The molecule has 106 valence electrons. The highest BCUT2D eigenvalue weighted by Crippen LogP contribution is 2.22. The Kier molecular flexibility index (Phi) is 5.84. The predicted molar refractivity (Wildman–Crippen MR) is 74.9 cm³/mol. The topological polar surface area (TPSA) is 74.7 Å². The predicted octanol–water partition coefficient (Wildman–Crippen LogP) is 1.89. The molecule has 1 aromatic rings. The Morgan fingerprint density at radius 3 is 2.16 bits per heavy atom. The van der Waals surface area contributed by atoms with Crippen molar-refractivity contribution in [3.05, 3.63) is 24.3 Å². The molecule has 0 aliphatic heterocycles. The van der Waals surface area contributed by atoms with Gasteiger partial charge in [-0.1, -0.05) is 13.8 Å². The van der Waals surface area contributed by atoms with E-state index >= 15 is 0 Å². The summed E-state index contributed by atoms with van der Waals surface area (Å²) in [5.41, 5.74) is 0. The Bertz CT molecular complexity index is 521. The van der Waals surface area contributed by atoms with Gasteiger partial charge in [0.2, 0.25) is 10.0 Å². The zero-order chi connectivity index (χ0) is 14.5. The van der Waals surface area contributed by atoms with Gasteiger partial charge in [-0.25, -0.2) is 8.42 Å². The number of carboxylic acids is 1. The van der Waals surface area contributed by atoms with Crippen LogP contribution in [0.15, 0.2) is 34.1 Å².